The Morgan fingerprint density at radius 3 is 0.895 bits per heavy atom. The second-order valence-electron chi connectivity index (χ2n) is 26.2. The molecule has 0 aromatic rings. The molecule has 2 atom stereocenters. The number of phosphoric ester groups is 1. The SMILES string of the molecule is CC/C=C\C/C=C\C/C=C\C/C=C\C/C=C\C/C=C\C/C=C\C/C=C\C/C=C\C/C=C\CCCCC(=O)OC(COC(=O)CCCCCCCCCCCCCCCCCCCCCCCCCCCCCCC/C=C\CCCCCCCCCC)COP(=O)(O)OCCN. The van der Waals surface area contributed by atoms with Gasteiger partial charge in [0.25, 0.3) is 0 Å². The smallest absolute Gasteiger partial charge is 0.462 e. The van der Waals surface area contributed by atoms with Gasteiger partial charge in [0.2, 0.25) is 0 Å². The lowest BCUT2D eigenvalue weighted by molar-refractivity contribution is -0.161. The van der Waals surface area contributed by atoms with Crippen LogP contribution in [-0.4, -0.2) is 49.3 Å². The summed E-state index contributed by atoms with van der Waals surface area (Å²) in [6.45, 7) is 3.61. The third kappa shape index (κ3) is 79.0. The van der Waals surface area contributed by atoms with Crippen molar-refractivity contribution >= 4 is 19.8 Å². The Morgan fingerprint density at radius 2 is 0.579 bits per heavy atom. The number of esters is 2. The molecular weight excluding hydrogens is 1190 g/mol. The van der Waals surface area contributed by atoms with Crippen molar-refractivity contribution in [3.63, 3.8) is 0 Å². The van der Waals surface area contributed by atoms with Gasteiger partial charge in [-0.15, -0.1) is 0 Å². The van der Waals surface area contributed by atoms with Crippen molar-refractivity contribution in [2.45, 2.75) is 367 Å². The zero-order chi connectivity index (χ0) is 68.6. The molecule has 0 amide bonds. The molecule has 0 spiro atoms. The number of hydrogen-bond acceptors (Lipinski definition) is 8. The molecule has 0 saturated heterocycles. The molecule has 10 heteroatoms. The number of phosphoric acid groups is 1. The summed E-state index contributed by atoms with van der Waals surface area (Å²) in [6, 6.07) is 0. The van der Waals surface area contributed by atoms with Crippen LogP contribution in [-0.2, 0) is 32.7 Å². The average Bonchev–Trinajstić information content (AvgIpc) is 3.25. The summed E-state index contributed by atoms with van der Waals surface area (Å²) in [5.41, 5.74) is 5.41. The molecule has 0 saturated carbocycles. The van der Waals surface area contributed by atoms with E-state index in [1.165, 1.54) is 231 Å². The van der Waals surface area contributed by atoms with Gasteiger partial charge in [0.05, 0.1) is 13.2 Å². The first-order valence-corrected chi connectivity index (χ1v) is 41.2. The van der Waals surface area contributed by atoms with Crippen molar-refractivity contribution in [1.82, 2.24) is 0 Å². The van der Waals surface area contributed by atoms with Crippen LogP contribution in [0.15, 0.2) is 134 Å². The topological polar surface area (TPSA) is 134 Å². The molecule has 0 fully saturated rings. The number of nitrogens with two attached hydrogens (primary N) is 1. The molecule has 3 N–H and O–H groups in total. The second-order valence-corrected chi connectivity index (χ2v) is 27.7. The van der Waals surface area contributed by atoms with E-state index in [0.29, 0.717) is 6.42 Å². The minimum atomic E-state index is -4.42. The number of unbranched alkanes of at least 4 members (excludes halogenated alkanes) is 39. The monoisotopic (exact) mass is 1340 g/mol. The van der Waals surface area contributed by atoms with E-state index in [9.17, 15) is 19.0 Å². The van der Waals surface area contributed by atoms with E-state index in [1.54, 1.807) is 0 Å². The predicted molar refractivity (Wildman–Crippen MR) is 413 cm³/mol. The summed E-state index contributed by atoms with van der Waals surface area (Å²) in [6.07, 6.45) is 113. The van der Waals surface area contributed by atoms with Crippen LogP contribution < -0.4 is 5.73 Å². The minimum absolute atomic E-state index is 0.0407. The van der Waals surface area contributed by atoms with E-state index in [0.717, 1.165) is 96.3 Å². The first-order valence-electron chi connectivity index (χ1n) is 39.7. The van der Waals surface area contributed by atoms with Gasteiger partial charge in [-0.3, -0.25) is 18.6 Å². The normalized spacial score (nSPS) is 13.6. The number of carbonyl (C=O) groups excluding carboxylic acids is 2. The highest BCUT2D eigenvalue weighted by Gasteiger charge is 2.26. The first kappa shape index (κ1) is 91.2. The highest BCUT2D eigenvalue weighted by Crippen LogP contribution is 2.43. The van der Waals surface area contributed by atoms with Crippen LogP contribution in [0.5, 0.6) is 0 Å². The van der Waals surface area contributed by atoms with Gasteiger partial charge in [-0.1, -0.05) is 366 Å². The highest BCUT2D eigenvalue weighted by atomic mass is 31.2. The molecule has 95 heavy (non-hydrogen) atoms. The molecule has 0 aliphatic carbocycles. The fraction of sp³-hybridized carbons (Fsp3) is 0.718. The Bertz CT molecular complexity index is 2030. The molecule has 0 aliphatic heterocycles. The van der Waals surface area contributed by atoms with Gasteiger partial charge in [0.15, 0.2) is 6.10 Å². The fourth-order valence-electron chi connectivity index (χ4n) is 11.2. The molecule has 0 aromatic carbocycles. The minimum Gasteiger partial charge on any atom is -0.462 e. The van der Waals surface area contributed by atoms with Crippen molar-refractivity contribution in [1.29, 1.82) is 0 Å². The Hall–Kier alpha value is -3.85. The van der Waals surface area contributed by atoms with Gasteiger partial charge in [0, 0.05) is 19.4 Å². The summed E-state index contributed by atoms with van der Waals surface area (Å²) in [7, 11) is -4.42. The number of allylic oxidation sites excluding steroid dienone is 22. The fourth-order valence-corrected chi connectivity index (χ4v) is 12.0. The zero-order valence-electron chi connectivity index (χ0n) is 61.6. The van der Waals surface area contributed by atoms with Gasteiger partial charge >= 0.3 is 19.8 Å². The lowest BCUT2D eigenvalue weighted by Gasteiger charge is -2.19. The lowest BCUT2D eigenvalue weighted by atomic mass is 10.0. The second kappa shape index (κ2) is 79.1. The Balaban J connectivity index is 3.87. The number of ether oxygens (including phenoxy) is 2. The van der Waals surface area contributed by atoms with Gasteiger partial charge in [-0.05, 0) is 116 Å². The van der Waals surface area contributed by atoms with Gasteiger partial charge in [0.1, 0.15) is 6.61 Å². The lowest BCUT2D eigenvalue weighted by Crippen LogP contribution is -2.29. The third-order valence-electron chi connectivity index (χ3n) is 17.0. The van der Waals surface area contributed by atoms with Crippen LogP contribution in [0.25, 0.3) is 0 Å². The molecule has 546 valence electrons. The van der Waals surface area contributed by atoms with Crippen LogP contribution >= 0.6 is 7.82 Å². The summed E-state index contributed by atoms with van der Waals surface area (Å²) >= 11 is 0. The van der Waals surface area contributed by atoms with Crippen molar-refractivity contribution in [3.05, 3.63) is 134 Å². The third-order valence-corrected chi connectivity index (χ3v) is 18.0. The number of hydrogen-bond donors (Lipinski definition) is 2. The summed E-state index contributed by atoms with van der Waals surface area (Å²) in [5, 5.41) is 0. The molecule has 0 rings (SSSR count). The van der Waals surface area contributed by atoms with Crippen LogP contribution in [0.2, 0.25) is 0 Å². The molecule has 0 radical (unpaired) electrons. The molecular formula is C85H148NO8P. The molecule has 2 unspecified atom stereocenters. The quantitative estimate of drug-likeness (QED) is 0.0264. The van der Waals surface area contributed by atoms with E-state index in [2.05, 4.69) is 148 Å². The van der Waals surface area contributed by atoms with Crippen molar-refractivity contribution in [3.8, 4) is 0 Å². The van der Waals surface area contributed by atoms with E-state index in [4.69, 9.17) is 24.3 Å². The largest absolute Gasteiger partial charge is 0.472 e. The van der Waals surface area contributed by atoms with Gasteiger partial charge in [-0.25, -0.2) is 4.57 Å². The van der Waals surface area contributed by atoms with Crippen LogP contribution in [0, 0.1) is 0 Å². The standard InChI is InChI=1S/C85H148NO8P/c1-3-5-7-9-11-13-15-17-19-21-23-25-27-29-31-33-35-37-38-39-40-41-42-43-44-46-47-49-51-53-55-57-59-61-63-65-67-69-71-73-75-77-84(87)91-81-83(82-93-95(89,90)92-80-79-86)94-85(88)78-76-74-72-70-68-66-64-62-60-58-56-54-52-50-48-45-36-34-32-30-28-26-24-22-20-18-16-14-12-10-8-6-4-2/h6,8,12,14,18,20-21,23-24,26,30,32,36,45,50,52,56,58,62,64,68,70,83H,3-5,7,9-11,13,15-17,19,22,25,27-29,31,33-35,37-44,46-49,51,53-55,57,59-61,63,65-67,69,71-82,86H2,1-2H3,(H,89,90)/b8-6-,14-12-,20-18-,23-21-,26-24-,32-30-,45-36-,52-50-,58-56-,64-62-,70-68-. The molecule has 0 aliphatic rings. The van der Waals surface area contributed by atoms with E-state index >= 15 is 0 Å². The Labute approximate surface area is 586 Å². The van der Waals surface area contributed by atoms with E-state index in [1.807, 2.05) is 0 Å². The number of carbonyl (C=O) groups is 2. The molecule has 0 aromatic heterocycles. The van der Waals surface area contributed by atoms with Crippen LogP contribution in [0.3, 0.4) is 0 Å². The van der Waals surface area contributed by atoms with Crippen LogP contribution in [0.4, 0.5) is 0 Å². The van der Waals surface area contributed by atoms with Gasteiger partial charge < -0.3 is 20.1 Å². The van der Waals surface area contributed by atoms with Crippen molar-refractivity contribution in [2.24, 2.45) is 5.73 Å². The van der Waals surface area contributed by atoms with Crippen molar-refractivity contribution < 1.29 is 37.6 Å². The van der Waals surface area contributed by atoms with E-state index < -0.39 is 32.5 Å². The summed E-state index contributed by atoms with van der Waals surface area (Å²) in [4.78, 5) is 35.4. The average molecular weight is 1340 g/mol. The maximum Gasteiger partial charge on any atom is 0.472 e. The maximum atomic E-state index is 12.8. The Kier molecular flexibility index (Phi) is 75.9. The van der Waals surface area contributed by atoms with Crippen molar-refractivity contribution in [2.75, 3.05) is 26.4 Å². The van der Waals surface area contributed by atoms with Gasteiger partial charge in [-0.2, -0.15) is 0 Å². The Morgan fingerprint density at radius 1 is 0.326 bits per heavy atom. The molecule has 9 nitrogen and oxygen atoms in total. The zero-order valence-corrected chi connectivity index (χ0v) is 62.5. The maximum absolute atomic E-state index is 12.8. The summed E-state index contributed by atoms with van der Waals surface area (Å²) < 4.78 is 33.2. The number of rotatable bonds is 74. The molecule has 0 bridgehead atoms. The predicted octanol–water partition coefficient (Wildman–Crippen LogP) is 26.8. The van der Waals surface area contributed by atoms with E-state index in [-0.39, 0.29) is 32.6 Å². The molecule has 0 heterocycles. The van der Waals surface area contributed by atoms with Crippen LogP contribution in [0.1, 0.15) is 361 Å². The first-order chi connectivity index (χ1) is 46.8. The highest BCUT2D eigenvalue weighted by molar-refractivity contribution is 7.47. The summed E-state index contributed by atoms with van der Waals surface area (Å²) in [5.74, 6) is -0.875.